The van der Waals surface area contributed by atoms with Gasteiger partial charge in [-0.15, -0.1) is 21.9 Å². The number of imide groups is 6. The topological polar surface area (TPSA) is 370 Å². The van der Waals surface area contributed by atoms with Crippen molar-refractivity contribution in [3.05, 3.63) is 60.9 Å². The average Bonchev–Trinajstić information content (AvgIpc) is 1.73. The van der Waals surface area contributed by atoms with Gasteiger partial charge >= 0.3 is 11.9 Å². The number of amides is 13. The first-order chi connectivity index (χ1) is 50.2. The molecule has 0 spiro atoms. The van der Waals surface area contributed by atoms with Crippen LogP contribution in [0.15, 0.2) is 65.9 Å². The second-order valence-electron chi connectivity index (χ2n) is 35.5. The van der Waals surface area contributed by atoms with Crippen molar-refractivity contribution in [2.24, 2.45) is 34.0 Å². The maximum atomic E-state index is 12.2. The molecule has 2 atom stereocenters. The van der Waals surface area contributed by atoms with Gasteiger partial charge in [-0.3, -0.25) is 86.7 Å². The van der Waals surface area contributed by atoms with E-state index in [1.165, 1.54) is 64.3 Å². The molecule has 1 aromatic rings. The molecule has 3 saturated heterocycles. The van der Waals surface area contributed by atoms with Crippen LogP contribution in [0, 0.1) is 34.0 Å². The maximum Gasteiger partial charge on any atom is 0.338 e. The Morgan fingerprint density at radius 1 is 0.541 bits per heavy atom. The zero-order valence-corrected chi connectivity index (χ0v) is 73.5. The predicted molar refractivity (Wildman–Crippen MR) is 427 cm³/mol. The van der Waals surface area contributed by atoms with Gasteiger partial charge in [-0.25, -0.2) is 23.0 Å². The number of pyridine rings is 1. The van der Waals surface area contributed by atoms with Crippen LogP contribution in [-0.4, -0.2) is 194 Å². The van der Waals surface area contributed by atoms with Crippen LogP contribution in [0.2, 0.25) is 0 Å². The fourth-order valence-corrected chi connectivity index (χ4v) is 12.7. The van der Waals surface area contributed by atoms with Gasteiger partial charge in [-0.1, -0.05) is 93.0 Å². The summed E-state index contributed by atoms with van der Waals surface area (Å²) in [6, 6.07) is 5.98. The van der Waals surface area contributed by atoms with E-state index in [2.05, 4.69) is 51.8 Å². The third-order valence-corrected chi connectivity index (χ3v) is 22.7. The number of nitrogens with zero attached hydrogens (tertiary/aromatic N) is 7. The lowest BCUT2D eigenvalue weighted by molar-refractivity contribution is -0.204. The highest BCUT2D eigenvalue weighted by Crippen LogP contribution is 2.39. The summed E-state index contributed by atoms with van der Waals surface area (Å²) < 4.78 is 20.9. The third kappa shape index (κ3) is 37.7. The van der Waals surface area contributed by atoms with Crippen molar-refractivity contribution in [2.45, 2.75) is 280 Å². The number of Topliss-reactive ketones (excluding diaryl/α,β-unsaturated/α-hetero) is 1. The summed E-state index contributed by atoms with van der Waals surface area (Å²) in [4.78, 5) is 201. The van der Waals surface area contributed by atoms with Gasteiger partial charge in [0.2, 0.25) is 17.7 Å². The molecular weight excluding hydrogens is 1510 g/mol. The molecular formula is C79H122N8O20S4. The Hall–Kier alpha value is -7.71. The molecule has 13 amide bonds. The molecule has 6 aliphatic heterocycles. The molecule has 1 aliphatic carbocycles. The second kappa shape index (κ2) is 42.4. The number of thioether (sulfide) groups is 1. The second-order valence-corrected chi connectivity index (χ2v) is 43.3. The minimum Gasteiger partial charge on any atom is -0.351 e. The minimum atomic E-state index is -2.84. The Kier molecular flexibility index (Phi) is 38.7. The SMILES string of the molecule is CC(C)(C)C(=O)ON1C(=O)CCC1=O.CC(C)(C)N1C(=O)C=CC1=O.CC(C)(C)NC(=O)C1CCC(CN2C(=O)C=CC2=O)CC1.CC(C)(C)S(C)(=O)=O.CC(C)(C)SC1CC(=O)N(CCN2C(=O)C=CC2=O)C1=O.CC(C)(C)SSc1ccccn1.CC1CC(=O)N(OC(=O)C(C)(C)C)C1=O.CCC(=O)CC(C)(C)C. The smallest absolute Gasteiger partial charge is 0.338 e. The van der Waals surface area contributed by atoms with Crippen molar-refractivity contribution in [1.82, 2.24) is 40.0 Å². The minimum absolute atomic E-state index is 0.0506. The Balaban J connectivity index is 0.000000648. The van der Waals surface area contributed by atoms with Crippen molar-refractivity contribution in [3.8, 4) is 0 Å². The van der Waals surface area contributed by atoms with Crippen LogP contribution < -0.4 is 5.32 Å². The Bertz CT molecular complexity index is 3680. The molecule has 7 aliphatic rings. The number of ketones is 1. The molecule has 0 bridgehead atoms. The van der Waals surface area contributed by atoms with E-state index < -0.39 is 84.3 Å². The molecule has 1 N–H and O–H groups in total. The number of aromatic nitrogens is 1. The van der Waals surface area contributed by atoms with Gasteiger partial charge in [0.25, 0.3) is 59.1 Å². The summed E-state index contributed by atoms with van der Waals surface area (Å²) >= 11 is 1.47. The zero-order valence-electron chi connectivity index (χ0n) is 70.2. The normalized spacial score (nSPS) is 19.5. The van der Waals surface area contributed by atoms with Gasteiger partial charge in [0.05, 0.1) is 20.8 Å². The van der Waals surface area contributed by atoms with Crippen molar-refractivity contribution < 1.29 is 94.8 Å². The number of likely N-dealkylation sites (tertiary alicyclic amines) is 1. The van der Waals surface area contributed by atoms with Crippen LogP contribution in [0.4, 0.5) is 0 Å². The number of rotatable bonds is 13. The van der Waals surface area contributed by atoms with Gasteiger partial charge < -0.3 is 15.0 Å². The highest BCUT2D eigenvalue weighted by molar-refractivity contribution is 8.77. The third-order valence-electron chi connectivity index (χ3n) is 15.8. The Morgan fingerprint density at radius 2 is 0.973 bits per heavy atom. The first-order valence-corrected chi connectivity index (χ1v) is 41.8. The lowest BCUT2D eigenvalue weighted by Crippen LogP contribution is -2.45. The number of nitrogens with one attached hydrogen (secondary N) is 1. The summed E-state index contributed by atoms with van der Waals surface area (Å²) in [5, 5.41) is 4.87. The quantitative estimate of drug-likeness (QED) is 0.142. The monoisotopic (exact) mass is 1630 g/mol. The number of carbonyl (C=O) groups excluding carboxylic acids is 16. The van der Waals surface area contributed by atoms with Crippen LogP contribution in [0.1, 0.15) is 244 Å². The Morgan fingerprint density at radius 3 is 1.32 bits per heavy atom. The van der Waals surface area contributed by atoms with E-state index in [9.17, 15) is 85.1 Å². The fourth-order valence-electron chi connectivity index (χ4n) is 9.50. The molecule has 622 valence electrons. The van der Waals surface area contributed by atoms with Gasteiger partial charge in [0.15, 0.2) is 9.84 Å². The van der Waals surface area contributed by atoms with Crippen molar-refractivity contribution in [1.29, 1.82) is 0 Å². The van der Waals surface area contributed by atoms with E-state index >= 15 is 0 Å². The zero-order chi connectivity index (χ0) is 86.3. The molecule has 8 rings (SSSR count). The van der Waals surface area contributed by atoms with Crippen LogP contribution in [0.3, 0.4) is 0 Å². The van der Waals surface area contributed by atoms with Gasteiger partial charge in [0.1, 0.15) is 10.8 Å². The highest BCUT2D eigenvalue weighted by Gasteiger charge is 2.44. The summed E-state index contributed by atoms with van der Waals surface area (Å²) in [7, 11) is 0.733. The highest BCUT2D eigenvalue weighted by atomic mass is 33.1. The number of carbonyl (C=O) groups is 16. The van der Waals surface area contributed by atoms with Crippen molar-refractivity contribution >= 4 is 138 Å². The van der Waals surface area contributed by atoms with E-state index in [1.54, 1.807) is 80.0 Å². The Labute approximate surface area is 669 Å². The summed E-state index contributed by atoms with van der Waals surface area (Å²) in [6.07, 6.45) is 16.0. The van der Waals surface area contributed by atoms with E-state index in [1.807, 2.05) is 104 Å². The number of hydrogen-bond acceptors (Lipinski definition) is 24. The van der Waals surface area contributed by atoms with Crippen molar-refractivity contribution in [2.75, 3.05) is 25.9 Å². The molecule has 1 aromatic heterocycles. The fraction of sp³-hybridized carbons (Fsp3) is 0.658. The van der Waals surface area contributed by atoms with Gasteiger partial charge in [-0.05, 0) is 164 Å². The van der Waals surface area contributed by atoms with E-state index in [0.29, 0.717) is 46.0 Å². The number of hydroxylamine groups is 4. The van der Waals surface area contributed by atoms with E-state index in [-0.39, 0.29) is 107 Å². The first-order valence-electron chi connectivity index (χ1n) is 36.8. The molecule has 0 radical (unpaired) electrons. The molecule has 32 heteroatoms. The molecule has 7 heterocycles. The van der Waals surface area contributed by atoms with Crippen LogP contribution in [-0.2, 0) is 96.2 Å². The lowest BCUT2D eigenvalue weighted by Gasteiger charge is -2.31. The predicted octanol–water partition coefficient (Wildman–Crippen LogP) is 11.3. The molecule has 28 nitrogen and oxygen atoms in total. The summed E-state index contributed by atoms with van der Waals surface area (Å²) in [5.74, 6) is -4.66. The molecule has 0 aromatic carbocycles. The first kappa shape index (κ1) is 101. The molecule has 4 fully saturated rings. The standard InChI is InChI=1S/C16H24N2O3.C14H18N2O4S.C10H15NO4.C9H13NO4.C9H13NS2.C8H11NO2.C8H16O.C5H12O2S/c1-16(2,3)17-15(21)12-6-4-11(5-7-12)10-18-13(19)8-9-14(18)20;1-14(2,3)21-9-8-12(19)16(13(9)20)7-6-15-10(17)4-5-11(15)18;1-6-5-7(12)11(8(6)13)15-9(14)10(2,3)4;1-9(2,3)8(13)14-10-6(11)4-5-7(10)12;1-9(2,3)12-11-8-6-4-5-7-10-8;1-8(2,3)9-6(10)4-5-7(9)11;1-5-7(9)6-8(2,3)4;1-5(2,3)8(4,6)7/h8-9,11-12H,4-7,10H2,1-3H3,(H,17,21);4-5,9H,6-8H2,1-3H3;6H,5H2,1-4H3;4-5H2,1-3H3;4-7H,1-3H3;4-5H,1-3H3;5-6H2,1-4H3;1-4H3. The molecule has 2 unspecified atom stereocenters. The average molecular weight is 1630 g/mol. The lowest BCUT2D eigenvalue weighted by atomic mass is 9.81. The molecule has 111 heavy (non-hydrogen) atoms. The maximum absolute atomic E-state index is 12.2. The van der Waals surface area contributed by atoms with Crippen LogP contribution in [0.5, 0.6) is 0 Å². The number of sulfone groups is 1. The largest absolute Gasteiger partial charge is 0.351 e. The van der Waals surface area contributed by atoms with Gasteiger partial charge in [0, 0.05) is 139 Å². The summed E-state index contributed by atoms with van der Waals surface area (Å²) in [6.45, 7) is 49.4. The van der Waals surface area contributed by atoms with Crippen LogP contribution in [0.25, 0.3) is 0 Å². The molecule has 1 saturated carbocycles. The van der Waals surface area contributed by atoms with E-state index in [4.69, 9.17) is 9.68 Å². The van der Waals surface area contributed by atoms with Crippen LogP contribution >= 0.6 is 33.3 Å². The van der Waals surface area contributed by atoms with Gasteiger partial charge in [-0.2, -0.15) is 0 Å². The van der Waals surface area contributed by atoms with E-state index in [0.717, 1.165) is 40.5 Å². The van der Waals surface area contributed by atoms with Crippen molar-refractivity contribution in [3.63, 3.8) is 0 Å². The number of hydrogen-bond donors (Lipinski definition) is 1. The summed E-state index contributed by atoms with van der Waals surface area (Å²) in [5.41, 5.74) is -1.88.